The molecule has 3 amide bonds. The first-order chi connectivity index (χ1) is 17.9. The van der Waals surface area contributed by atoms with Crippen LogP contribution in [0.5, 0.6) is 0 Å². The van der Waals surface area contributed by atoms with Crippen LogP contribution in [0.2, 0.25) is 0 Å². The molecule has 1 aromatic heterocycles. The van der Waals surface area contributed by atoms with Crippen molar-refractivity contribution >= 4 is 23.4 Å². The maximum absolute atomic E-state index is 13.9. The summed E-state index contributed by atoms with van der Waals surface area (Å²) in [5, 5.41) is 3.01. The molecule has 1 spiro atoms. The summed E-state index contributed by atoms with van der Waals surface area (Å²) in [6, 6.07) is 14.6. The third kappa shape index (κ3) is 4.92. The van der Waals surface area contributed by atoms with Crippen molar-refractivity contribution in [3.8, 4) is 0 Å². The van der Waals surface area contributed by atoms with E-state index in [0.29, 0.717) is 64.3 Å². The largest absolute Gasteiger partial charge is 0.381 e. The van der Waals surface area contributed by atoms with Gasteiger partial charge < -0.3 is 24.8 Å². The van der Waals surface area contributed by atoms with Gasteiger partial charge in [-0.1, -0.05) is 24.3 Å². The Morgan fingerprint density at radius 1 is 1.05 bits per heavy atom. The molecule has 0 saturated carbocycles. The number of amides is 3. The molecule has 0 bridgehead atoms. The highest BCUT2D eigenvalue weighted by atomic mass is 16.5. The van der Waals surface area contributed by atoms with Crippen LogP contribution in [0.25, 0.3) is 0 Å². The van der Waals surface area contributed by atoms with E-state index in [1.54, 1.807) is 17.0 Å². The number of likely N-dealkylation sites (N-methyl/N-ethyl adjacent to an activating group) is 1. The number of para-hydroxylation sites is 1. The third-order valence-electron chi connectivity index (χ3n) is 8.00. The zero-order chi connectivity index (χ0) is 26.0. The van der Waals surface area contributed by atoms with Gasteiger partial charge in [0.1, 0.15) is 17.3 Å². The average Bonchev–Trinajstić information content (AvgIpc) is 3.17. The number of carbonyl (C=O) groups excluding carboxylic acids is 3. The molecule has 37 heavy (non-hydrogen) atoms. The standard InChI is InChI=1S/C28H35N5O4/c1-20-7-6-10-23(29-20)25(34)30-24(21-11-17-37-18-12-21)26(35)32-15-13-28(14-16-32)27(36)31(2)19-33(28)22-8-4-3-5-9-22/h3-10,21,24H,11-19H2,1-2H3,(H,30,34). The number of ether oxygens (including phenoxy) is 1. The number of likely N-dealkylation sites (tertiary alicyclic amines) is 1. The minimum absolute atomic E-state index is 0.00837. The molecular formula is C28H35N5O4. The van der Waals surface area contributed by atoms with E-state index >= 15 is 0 Å². The van der Waals surface area contributed by atoms with E-state index in [1.807, 2.05) is 55.3 Å². The number of aryl methyl sites for hydroxylation is 1. The lowest BCUT2D eigenvalue weighted by atomic mass is 9.84. The van der Waals surface area contributed by atoms with Crippen molar-refractivity contribution in [1.29, 1.82) is 0 Å². The highest BCUT2D eigenvalue weighted by Crippen LogP contribution is 2.39. The number of carbonyl (C=O) groups is 3. The second-order valence-electron chi connectivity index (χ2n) is 10.3. The first kappa shape index (κ1) is 25.2. The molecule has 9 nitrogen and oxygen atoms in total. The van der Waals surface area contributed by atoms with Crippen LogP contribution >= 0.6 is 0 Å². The summed E-state index contributed by atoms with van der Waals surface area (Å²) in [6.45, 7) is 4.43. The number of pyridine rings is 1. The molecule has 2 aromatic rings. The fourth-order valence-corrected chi connectivity index (χ4v) is 5.91. The van der Waals surface area contributed by atoms with Crippen molar-refractivity contribution < 1.29 is 19.1 Å². The summed E-state index contributed by atoms with van der Waals surface area (Å²) < 4.78 is 5.52. The third-order valence-corrected chi connectivity index (χ3v) is 8.00. The summed E-state index contributed by atoms with van der Waals surface area (Å²) in [6.07, 6.45) is 2.51. The Bertz CT molecular complexity index is 1140. The monoisotopic (exact) mass is 505 g/mol. The van der Waals surface area contributed by atoms with Crippen LogP contribution in [-0.2, 0) is 14.3 Å². The summed E-state index contributed by atoms with van der Waals surface area (Å²) in [5.74, 6) is -0.341. The Hall–Kier alpha value is -3.46. The second kappa shape index (κ2) is 10.5. The van der Waals surface area contributed by atoms with Gasteiger partial charge in [0.2, 0.25) is 11.8 Å². The highest BCUT2D eigenvalue weighted by molar-refractivity contribution is 5.97. The smallest absolute Gasteiger partial charge is 0.270 e. The fraction of sp³-hybridized carbons (Fsp3) is 0.500. The van der Waals surface area contributed by atoms with E-state index in [2.05, 4.69) is 15.2 Å². The van der Waals surface area contributed by atoms with Crippen LogP contribution < -0.4 is 10.2 Å². The number of hydrogen-bond donors (Lipinski definition) is 1. The number of aromatic nitrogens is 1. The molecule has 3 aliphatic rings. The van der Waals surface area contributed by atoms with Gasteiger partial charge >= 0.3 is 0 Å². The van der Waals surface area contributed by atoms with Gasteiger partial charge in [0.05, 0.1) is 6.67 Å². The SMILES string of the molecule is Cc1cccc(C(=O)NC(C(=O)N2CCC3(CC2)C(=O)N(C)CN3c2ccccc2)C2CCOCC2)n1. The minimum atomic E-state index is -0.657. The van der Waals surface area contributed by atoms with Crippen LogP contribution in [0.15, 0.2) is 48.5 Å². The lowest BCUT2D eigenvalue weighted by Crippen LogP contribution is -2.60. The molecule has 1 unspecified atom stereocenters. The first-order valence-electron chi connectivity index (χ1n) is 13.1. The van der Waals surface area contributed by atoms with Crippen LogP contribution in [0.1, 0.15) is 41.9 Å². The lowest BCUT2D eigenvalue weighted by Gasteiger charge is -2.44. The topological polar surface area (TPSA) is 95.1 Å². The van der Waals surface area contributed by atoms with Crippen molar-refractivity contribution in [3.05, 3.63) is 59.9 Å². The van der Waals surface area contributed by atoms with Crippen molar-refractivity contribution in [2.75, 3.05) is 44.9 Å². The molecule has 1 atom stereocenters. The van der Waals surface area contributed by atoms with Gasteiger partial charge in [-0.15, -0.1) is 0 Å². The Morgan fingerprint density at radius 3 is 2.43 bits per heavy atom. The molecular weight excluding hydrogens is 470 g/mol. The van der Waals surface area contributed by atoms with E-state index in [4.69, 9.17) is 4.74 Å². The number of nitrogens with zero attached hydrogens (tertiary/aromatic N) is 4. The van der Waals surface area contributed by atoms with Gasteiger partial charge in [-0.25, -0.2) is 4.98 Å². The summed E-state index contributed by atoms with van der Waals surface area (Å²) in [7, 11) is 1.83. The molecule has 3 aliphatic heterocycles. The van der Waals surface area contributed by atoms with Crippen LogP contribution in [-0.4, -0.2) is 84.1 Å². The number of benzene rings is 1. The van der Waals surface area contributed by atoms with E-state index in [0.717, 1.165) is 11.4 Å². The highest BCUT2D eigenvalue weighted by Gasteiger charge is 2.53. The second-order valence-corrected chi connectivity index (χ2v) is 10.3. The van der Waals surface area contributed by atoms with Crippen LogP contribution in [0.4, 0.5) is 5.69 Å². The number of hydrogen-bond acceptors (Lipinski definition) is 6. The van der Waals surface area contributed by atoms with E-state index in [9.17, 15) is 14.4 Å². The summed E-state index contributed by atoms with van der Waals surface area (Å²) in [5.41, 5.74) is 1.41. The zero-order valence-corrected chi connectivity index (χ0v) is 21.6. The Morgan fingerprint density at radius 2 is 1.76 bits per heavy atom. The fourth-order valence-electron chi connectivity index (χ4n) is 5.91. The van der Waals surface area contributed by atoms with Gasteiger partial charge in [-0.3, -0.25) is 14.4 Å². The van der Waals surface area contributed by atoms with Crippen molar-refractivity contribution in [2.45, 2.75) is 44.2 Å². The Labute approximate surface area is 217 Å². The van der Waals surface area contributed by atoms with E-state index < -0.39 is 11.6 Å². The van der Waals surface area contributed by atoms with E-state index in [-0.39, 0.29) is 23.6 Å². The maximum Gasteiger partial charge on any atom is 0.270 e. The zero-order valence-electron chi connectivity index (χ0n) is 21.6. The molecule has 5 rings (SSSR count). The molecule has 4 heterocycles. The molecule has 1 aromatic carbocycles. The molecule has 3 fully saturated rings. The molecule has 0 radical (unpaired) electrons. The quantitative estimate of drug-likeness (QED) is 0.670. The van der Waals surface area contributed by atoms with Gasteiger partial charge in [-0.2, -0.15) is 0 Å². The van der Waals surface area contributed by atoms with E-state index in [1.165, 1.54) is 0 Å². The minimum Gasteiger partial charge on any atom is -0.381 e. The normalized spacial score (nSPS) is 20.8. The number of piperidine rings is 1. The maximum atomic E-state index is 13.9. The summed E-state index contributed by atoms with van der Waals surface area (Å²) >= 11 is 0. The number of nitrogens with one attached hydrogen (secondary N) is 1. The van der Waals surface area contributed by atoms with Crippen molar-refractivity contribution in [3.63, 3.8) is 0 Å². The van der Waals surface area contributed by atoms with Crippen LogP contribution in [0, 0.1) is 12.8 Å². The van der Waals surface area contributed by atoms with Crippen molar-refractivity contribution in [2.24, 2.45) is 5.92 Å². The Balaban J connectivity index is 1.33. The molecule has 1 N–H and O–H groups in total. The summed E-state index contributed by atoms with van der Waals surface area (Å²) in [4.78, 5) is 50.4. The van der Waals surface area contributed by atoms with Crippen LogP contribution in [0.3, 0.4) is 0 Å². The predicted molar refractivity (Wildman–Crippen MR) is 139 cm³/mol. The molecule has 0 aliphatic carbocycles. The first-order valence-corrected chi connectivity index (χ1v) is 13.1. The lowest BCUT2D eigenvalue weighted by molar-refractivity contribution is -0.140. The van der Waals surface area contributed by atoms with Gasteiger partial charge in [0.15, 0.2) is 0 Å². The number of anilines is 1. The van der Waals surface area contributed by atoms with Gasteiger partial charge in [-0.05, 0) is 62.8 Å². The molecule has 9 heteroatoms. The Kier molecular flexibility index (Phi) is 7.15. The predicted octanol–water partition coefficient (Wildman–Crippen LogP) is 2.21. The van der Waals surface area contributed by atoms with Crippen molar-refractivity contribution in [1.82, 2.24) is 20.1 Å². The average molecular weight is 506 g/mol. The number of rotatable bonds is 5. The molecule has 3 saturated heterocycles. The van der Waals surface area contributed by atoms with Gasteiger partial charge in [0.25, 0.3) is 5.91 Å². The van der Waals surface area contributed by atoms with Gasteiger partial charge in [0, 0.05) is 44.7 Å². The molecule has 196 valence electrons.